The van der Waals surface area contributed by atoms with Crippen LogP contribution in [-0.4, -0.2) is 75.1 Å². The molecule has 1 aliphatic carbocycles. The van der Waals surface area contributed by atoms with Crippen LogP contribution >= 0.6 is 0 Å². The highest BCUT2D eigenvalue weighted by atomic mass is 16.1. The van der Waals surface area contributed by atoms with Gasteiger partial charge in [-0.2, -0.15) is 5.26 Å². The maximum atomic E-state index is 14.5. The van der Waals surface area contributed by atoms with Gasteiger partial charge < -0.3 is 15.5 Å². The normalized spacial score (nSPS) is 19.1. The number of rotatable bonds is 6. The van der Waals surface area contributed by atoms with E-state index < -0.39 is 0 Å². The topological polar surface area (TPSA) is 120 Å². The molecule has 10 nitrogen and oxygen atoms in total. The van der Waals surface area contributed by atoms with E-state index in [1.165, 1.54) is 25.7 Å². The zero-order valence-electron chi connectivity index (χ0n) is 24.7. The summed E-state index contributed by atoms with van der Waals surface area (Å²) in [6.45, 7) is 6.79. The van der Waals surface area contributed by atoms with Crippen molar-refractivity contribution in [2.45, 2.75) is 31.7 Å². The highest BCUT2D eigenvalue weighted by molar-refractivity contribution is 5.85. The van der Waals surface area contributed by atoms with Gasteiger partial charge in [0.1, 0.15) is 29.6 Å². The van der Waals surface area contributed by atoms with Gasteiger partial charge in [-0.05, 0) is 55.9 Å². The molecule has 4 heterocycles. The summed E-state index contributed by atoms with van der Waals surface area (Å²) in [6.07, 6.45) is 5.74. The number of nitrogens with two attached hydrogens (primary N) is 1. The molecular weight excluding hydrogens is 550 g/mol. The highest BCUT2D eigenvalue weighted by Gasteiger charge is 2.34. The molecule has 44 heavy (non-hydrogen) atoms. The molecule has 0 bridgehead atoms. The van der Waals surface area contributed by atoms with Gasteiger partial charge in [0, 0.05) is 44.8 Å². The molecule has 7 rings (SSSR count). The third-order valence-electron chi connectivity index (χ3n) is 8.93. The van der Waals surface area contributed by atoms with Gasteiger partial charge in [0.2, 0.25) is 0 Å². The van der Waals surface area contributed by atoms with Crippen molar-refractivity contribution in [2.75, 3.05) is 56.4 Å². The second kappa shape index (κ2) is 12.1. The third-order valence-corrected chi connectivity index (χ3v) is 8.93. The first-order valence-electron chi connectivity index (χ1n) is 15.4. The summed E-state index contributed by atoms with van der Waals surface area (Å²) in [5, 5.41) is 10.3. The fourth-order valence-electron chi connectivity index (χ4n) is 6.45. The molecule has 0 spiro atoms. The Morgan fingerprint density at radius 2 is 1.73 bits per heavy atom. The molecule has 3 aliphatic rings. The fraction of sp³-hybridized carbons (Fsp3) is 0.382. The molecule has 2 N–H and O–H groups in total. The van der Waals surface area contributed by atoms with Crippen LogP contribution in [0.3, 0.4) is 0 Å². The third kappa shape index (κ3) is 5.50. The van der Waals surface area contributed by atoms with Gasteiger partial charge in [0.25, 0.3) is 5.56 Å². The Morgan fingerprint density at radius 3 is 2.50 bits per heavy atom. The van der Waals surface area contributed by atoms with Gasteiger partial charge in [0.15, 0.2) is 5.82 Å². The average molecular weight is 586 g/mol. The van der Waals surface area contributed by atoms with E-state index in [0.717, 1.165) is 50.6 Å². The van der Waals surface area contributed by atoms with Crippen LogP contribution in [0.4, 0.5) is 11.6 Å². The molecule has 1 atom stereocenters. The molecule has 2 aromatic carbocycles. The Labute approximate surface area is 256 Å². The zero-order valence-corrected chi connectivity index (χ0v) is 24.7. The van der Waals surface area contributed by atoms with Crippen LogP contribution in [0.5, 0.6) is 0 Å². The molecule has 0 unspecified atom stereocenters. The van der Waals surface area contributed by atoms with Crippen LogP contribution in [0.25, 0.3) is 16.6 Å². The predicted molar refractivity (Wildman–Crippen MR) is 170 cm³/mol. The largest absolute Gasteiger partial charge is 0.382 e. The van der Waals surface area contributed by atoms with Crippen LogP contribution in [0, 0.1) is 29.1 Å². The van der Waals surface area contributed by atoms with E-state index >= 15 is 0 Å². The van der Waals surface area contributed by atoms with Crippen molar-refractivity contribution in [3.05, 3.63) is 82.2 Å². The van der Waals surface area contributed by atoms with Crippen LogP contribution in [-0.2, 0) is 0 Å². The van der Waals surface area contributed by atoms with Gasteiger partial charge in [0.05, 0.1) is 29.2 Å². The van der Waals surface area contributed by atoms with E-state index in [1.807, 2.05) is 53.4 Å². The number of para-hydroxylation sites is 1. The van der Waals surface area contributed by atoms with E-state index in [-0.39, 0.29) is 23.0 Å². The first-order chi connectivity index (χ1) is 21.6. The number of nitrogens with zero attached hydrogens (tertiary/aromatic N) is 8. The van der Waals surface area contributed by atoms with E-state index in [9.17, 15) is 10.1 Å². The second-order valence-electron chi connectivity index (χ2n) is 11.9. The lowest BCUT2D eigenvalue weighted by molar-refractivity contribution is 0.140. The lowest BCUT2D eigenvalue weighted by Crippen LogP contribution is -2.46. The smallest absolute Gasteiger partial charge is 0.267 e. The summed E-state index contributed by atoms with van der Waals surface area (Å²) in [6, 6.07) is 17.2. The summed E-state index contributed by atoms with van der Waals surface area (Å²) >= 11 is 0. The van der Waals surface area contributed by atoms with Crippen LogP contribution in [0.1, 0.15) is 48.7 Å². The van der Waals surface area contributed by atoms with Crippen molar-refractivity contribution >= 4 is 22.5 Å². The molecule has 3 fully saturated rings. The molecule has 2 aromatic heterocycles. The Hall–Kier alpha value is -4.77. The fourth-order valence-corrected chi connectivity index (χ4v) is 6.45. The maximum Gasteiger partial charge on any atom is 0.267 e. The average Bonchev–Trinajstić information content (AvgIpc) is 3.73. The van der Waals surface area contributed by atoms with E-state index in [1.54, 1.807) is 4.57 Å². The summed E-state index contributed by atoms with van der Waals surface area (Å²) in [4.78, 5) is 35.0. The van der Waals surface area contributed by atoms with Crippen molar-refractivity contribution in [3.8, 4) is 23.6 Å². The van der Waals surface area contributed by atoms with Crippen molar-refractivity contribution in [3.63, 3.8) is 0 Å². The number of hydrogen-bond donors (Lipinski definition) is 1. The van der Waals surface area contributed by atoms with E-state index in [0.29, 0.717) is 41.2 Å². The first-order valence-corrected chi connectivity index (χ1v) is 15.4. The quantitative estimate of drug-likeness (QED) is 0.340. The van der Waals surface area contributed by atoms with E-state index in [2.05, 4.69) is 37.7 Å². The van der Waals surface area contributed by atoms with E-state index in [4.69, 9.17) is 10.7 Å². The van der Waals surface area contributed by atoms with Gasteiger partial charge in [-0.3, -0.25) is 14.3 Å². The molecular formula is C34H35N9O. The minimum absolute atomic E-state index is 0.137. The number of fused-ring (bicyclic) bond motifs is 1. The Morgan fingerprint density at radius 1 is 0.932 bits per heavy atom. The number of aromatic nitrogens is 4. The predicted octanol–water partition coefficient (Wildman–Crippen LogP) is 3.35. The minimum Gasteiger partial charge on any atom is -0.382 e. The summed E-state index contributed by atoms with van der Waals surface area (Å²) in [5.41, 5.74) is 8.12. The van der Waals surface area contributed by atoms with Gasteiger partial charge in [-0.15, -0.1) is 0 Å². The lowest BCUT2D eigenvalue weighted by Gasteiger charge is -2.33. The number of nitriles is 1. The summed E-state index contributed by atoms with van der Waals surface area (Å²) < 4.78 is 1.70. The van der Waals surface area contributed by atoms with Crippen LogP contribution in [0.15, 0.2) is 59.7 Å². The zero-order chi connectivity index (χ0) is 30.0. The molecule has 2 aliphatic heterocycles. The Balaban J connectivity index is 1.25. The van der Waals surface area contributed by atoms with Crippen molar-refractivity contribution in [1.29, 1.82) is 5.26 Å². The van der Waals surface area contributed by atoms with Gasteiger partial charge in [-0.1, -0.05) is 36.1 Å². The summed E-state index contributed by atoms with van der Waals surface area (Å²) in [7, 11) is 0. The Bertz CT molecular complexity index is 1840. The van der Waals surface area contributed by atoms with Crippen LogP contribution in [0.2, 0.25) is 0 Å². The molecule has 10 heteroatoms. The molecule has 2 saturated heterocycles. The number of nitrogen functional groups attached to an aromatic ring is 1. The molecule has 4 aromatic rings. The van der Waals surface area contributed by atoms with Crippen molar-refractivity contribution in [1.82, 2.24) is 29.3 Å². The van der Waals surface area contributed by atoms with Crippen molar-refractivity contribution < 1.29 is 0 Å². The van der Waals surface area contributed by atoms with Gasteiger partial charge >= 0.3 is 0 Å². The van der Waals surface area contributed by atoms with Gasteiger partial charge in [-0.25, -0.2) is 15.0 Å². The van der Waals surface area contributed by atoms with Crippen molar-refractivity contribution in [2.24, 2.45) is 5.92 Å². The van der Waals surface area contributed by atoms with Crippen LogP contribution < -0.4 is 16.2 Å². The number of piperazine rings is 1. The lowest BCUT2D eigenvalue weighted by atomic mass is 10.1. The molecule has 0 radical (unpaired) electrons. The standard InChI is InChI=1S/C34H35N9O/c35-21-27-31(36)37-23-38-32(27)42-16-6-12-29(42)33-39-28-11-4-7-25(30(28)34(44)43(33)26-9-2-1-3-10-26)8-5-15-40-17-19-41(20-18-40)22-24-13-14-24/h1-4,7,9-11,23-24,29H,6,12-20,22H2,(H2,36,37,38)/t29-/m0/s1. The first kappa shape index (κ1) is 28.0. The molecule has 1 saturated carbocycles. The second-order valence-corrected chi connectivity index (χ2v) is 11.9. The molecule has 0 amide bonds. The number of anilines is 2. The monoisotopic (exact) mass is 585 g/mol. The Kier molecular flexibility index (Phi) is 7.69. The minimum atomic E-state index is -0.290. The highest BCUT2D eigenvalue weighted by Crippen LogP contribution is 2.37. The SMILES string of the molecule is N#Cc1c(N)ncnc1N1CCC[C@H]1c1nc2cccc(C#CCN3CCN(CC4CC4)CC3)c2c(=O)n1-c1ccccc1. The molecule has 222 valence electrons. The summed E-state index contributed by atoms with van der Waals surface area (Å²) in [5.74, 6) is 8.78. The number of benzene rings is 2. The number of hydrogen-bond acceptors (Lipinski definition) is 9. The maximum absolute atomic E-state index is 14.5.